The van der Waals surface area contributed by atoms with Crippen LogP contribution in [0.25, 0.3) is 5.65 Å². The molecule has 0 aliphatic heterocycles. The number of hydrogen-bond donors (Lipinski definition) is 1. The smallest absolute Gasteiger partial charge is 0.154 e. The third-order valence-corrected chi connectivity index (χ3v) is 3.48. The summed E-state index contributed by atoms with van der Waals surface area (Å²) in [5.74, 6) is 0. The summed E-state index contributed by atoms with van der Waals surface area (Å²) in [5, 5.41) is 4.19. The molecule has 2 aromatic heterocycles. The third kappa shape index (κ3) is 1.18. The van der Waals surface area contributed by atoms with Crippen LogP contribution in [0.15, 0.2) is 24.7 Å². The number of hydrogen-bond acceptors (Lipinski definition) is 3. The topological polar surface area (TPSA) is 56.2 Å². The number of aromatic nitrogens is 3. The van der Waals surface area contributed by atoms with Gasteiger partial charge in [0.15, 0.2) is 5.65 Å². The molecular weight excluding hydrogens is 188 g/mol. The minimum Gasteiger partial charge on any atom is -0.327 e. The van der Waals surface area contributed by atoms with E-state index in [1.165, 1.54) is 18.4 Å². The molecule has 0 amide bonds. The highest BCUT2D eigenvalue weighted by Crippen LogP contribution is 2.49. The third-order valence-electron chi connectivity index (χ3n) is 3.48. The van der Waals surface area contributed by atoms with Crippen LogP contribution in [0.3, 0.4) is 0 Å². The van der Waals surface area contributed by atoms with Crippen LogP contribution in [-0.4, -0.2) is 20.6 Å². The number of nitrogens with two attached hydrogens (primary N) is 1. The first-order valence-corrected chi connectivity index (χ1v) is 5.28. The molecule has 78 valence electrons. The van der Waals surface area contributed by atoms with Crippen LogP contribution in [0.1, 0.15) is 25.3 Å². The maximum absolute atomic E-state index is 6.03. The van der Waals surface area contributed by atoms with Crippen molar-refractivity contribution in [3.63, 3.8) is 0 Å². The lowest BCUT2D eigenvalue weighted by Crippen LogP contribution is -2.31. The fourth-order valence-corrected chi connectivity index (χ4v) is 2.21. The lowest BCUT2D eigenvalue weighted by molar-refractivity contribution is 0.551. The van der Waals surface area contributed by atoms with E-state index in [1.54, 1.807) is 6.20 Å². The maximum Gasteiger partial charge on any atom is 0.154 e. The zero-order valence-electron chi connectivity index (χ0n) is 8.72. The van der Waals surface area contributed by atoms with Gasteiger partial charge in [0, 0.05) is 29.9 Å². The Kier molecular flexibility index (Phi) is 1.65. The summed E-state index contributed by atoms with van der Waals surface area (Å²) in [5.41, 5.74) is 8.29. The van der Waals surface area contributed by atoms with E-state index in [0.29, 0.717) is 0 Å². The minimum absolute atomic E-state index is 0.160. The van der Waals surface area contributed by atoms with E-state index in [0.717, 1.165) is 5.65 Å². The van der Waals surface area contributed by atoms with Crippen molar-refractivity contribution in [2.75, 3.05) is 0 Å². The van der Waals surface area contributed by atoms with Gasteiger partial charge in [0.25, 0.3) is 0 Å². The predicted molar refractivity (Wildman–Crippen MR) is 57.5 cm³/mol. The highest BCUT2D eigenvalue weighted by atomic mass is 15.2. The monoisotopic (exact) mass is 202 g/mol. The van der Waals surface area contributed by atoms with E-state index >= 15 is 0 Å². The summed E-state index contributed by atoms with van der Waals surface area (Å²) >= 11 is 0. The van der Waals surface area contributed by atoms with Gasteiger partial charge in [-0.2, -0.15) is 5.10 Å². The van der Waals surface area contributed by atoms with Crippen molar-refractivity contribution in [3.8, 4) is 0 Å². The summed E-state index contributed by atoms with van der Waals surface area (Å²) in [4.78, 5) is 4.37. The van der Waals surface area contributed by atoms with Crippen molar-refractivity contribution in [2.45, 2.75) is 31.2 Å². The van der Waals surface area contributed by atoms with Gasteiger partial charge in [0.1, 0.15) is 0 Å². The Morgan fingerprint density at radius 3 is 3.00 bits per heavy atom. The molecule has 1 atom stereocenters. The molecule has 0 saturated heterocycles. The lowest BCUT2D eigenvalue weighted by atomic mass is 9.92. The van der Waals surface area contributed by atoms with E-state index in [2.05, 4.69) is 23.2 Å². The van der Waals surface area contributed by atoms with Gasteiger partial charge in [-0.1, -0.05) is 0 Å². The molecule has 0 radical (unpaired) electrons. The molecule has 0 bridgehead atoms. The molecule has 2 heterocycles. The van der Waals surface area contributed by atoms with Gasteiger partial charge in [-0.25, -0.2) is 9.50 Å². The summed E-state index contributed by atoms with van der Waals surface area (Å²) in [6.45, 7) is 2.07. The first-order chi connectivity index (χ1) is 7.22. The summed E-state index contributed by atoms with van der Waals surface area (Å²) in [7, 11) is 0. The first-order valence-electron chi connectivity index (χ1n) is 5.28. The molecule has 4 heteroatoms. The molecule has 1 saturated carbocycles. The molecule has 2 N–H and O–H groups in total. The molecule has 1 fully saturated rings. The molecule has 1 unspecified atom stereocenters. The first kappa shape index (κ1) is 8.85. The highest BCUT2D eigenvalue weighted by Gasteiger charge is 2.47. The quantitative estimate of drug-likeness (QED) is 0.793. The van der Waals surface area contributed by atoms with Gasteiger partial charge in [0.2, 0.25) is 0 Å². The van der Waals surface area contributed by atoms with Crippen LogP contribution in [0, 0.1) is 0 Å². The van der Waals surface area contributed by atoms with Crippen molar-refractivity contribution < 1.29 is 0 Å². The zero-order valence-corrected chi connectivity index (χ0v) is 8.72. The second-order valence-electron chi connectivity index (χ2n) is 4.42. The van der Waals surface area contributed by atoms with Gasteiger partial charge in [0.05, 0.1) is 6.20 Å². The fraction of sp³-hybridized carbons (Fsp3) is 0.455. The van der Waals surface area contributed by atoms with Crippen LogP contribution in [-0.2, 0) is 5.41 Å². The largest absolute Gasteiger partial charge is 0.327 e. The molecular formula is C11H14N4. The van der Waals surface area contributed by atoms with Gasteiger partial charge in [-0.3, -0.25) is 0 Å². The van der Waals surface area contributed by atoms with Crippen molar-refractivity contribution in [3.05, 3.63) is 30.2 Å². The fourth-order valence-electron chi connectivity index (χ4n) is 2.21. The average molecular weight is 202 g/mol. The Labute approximate surface area is 88.1 Å². The van der Waals surface area contributed by atoms with Crippen molar-refractivity contribution in [2.24, 2.45) is 5.73 Å². The van der Waals surface area contributed by atoms with Crippen LogP contribution < -0.4 is 5.73 Å². The normalized spacial score (nSPS) is 20.4. The maximum atomic E-state index is 6.03. The Bertz CT molecular complexity index is 496. The minimum atomic E-state index is 0.160. The summed E-state index contributed by atoms with van der Waals surface area (Å²) < 4.78 is 1.82. The standard InChI is InChI=1S/C11H14N4/c1-8(12)11(3-4-11)9-6-13-10-2-5-14-15(10)7-9/h2,5-8H,3-4,12H2,1H3. The van der Waals surface area contributed by atoms with Gasteiger partial charge in [-0.05, 0) is 25.3 Å². The average Bonchev–Trinajstić information content (AvgIpc) is 2.91. The summed E-state index contributed by atoms with van der Waals surface area (Å²) in [6, 6.07) is 2.09. The Morgan fingerprint density at radius 2 is 2.33 bits per heavy atom. The summed E-state index contributed by atoms with van der Waals surface area (Å²) in [6.07, 6.45) is 8.09. The Morgan fingerprint density at radius 1 is 1.53 bits per heavy atom. The second kappa shape index (κ2) is 2.79. The van der Waals surface area contributed by atoms with E-state index in [1.807, 2.05) is 16.8 Å². The SMILES string of the molecule is CC(N)C1(c2cnc3ccnn3c2)CC1. The van der Waals surface area contributed by atoms with Crippen LogP contribution in [0.2, 0.25) is 0 Å². The molecule has 4 nitrogen and oxygen atoms in total. The zero-order chi connectivity index (χ0) is 10.5. The van der Waals surface area contributed by atoms with Crippen molar-refractivity contribution in [1.29, 1.82) is 0 Å². The van der Waals surface area contributed by atoms with Gasteiger partial charge in [-0.15, -0.1) is 0 Å². The van der Waals surface area contributed by atoms with Gasteiger partial charge < -0.3 is 5.73 Å². The van der Waals surface area contributed by atoms with E-state index in [-0.39, 0.29) is 11.5 Å². The number of nitrogens with zero attached hydrogens (tertiary/aromatic N) is 3. The Balaban J connectivity index is 2.11. The van der Waals surface area contributed by atoms with Crippen LogP contribution in [0.4, 0.5) is 0 Å². The number of fused-ring (bicyclic) bond motifs is 1. The van der Waals surface area contributed by atoms with Crippen LogP contribution in [0.5, 0.6) is 0 Å². The highest BCUT2D eigenvalue weighted by molar-refractivity contribution is 5.39. The van der Waals surface area contributed by atoms with Gasteiger partial charge >= 0.3 is 0 Å². The van der Waals surface area contributed by atoms with Crippen LogP contribution >= 0.6 is 0 Å². The van der Waals surface area contributed by atoms with Crippen molar-refractivity contribution >= 4 is 5.65 Å². The Hall–Kier alpha value is -1.42. The molecule has 0 aromatic carbocycles. The number of rotatable bonds is 2. The van der Waals surface area contributed by atoms with E-state index in [4.69, 9.17) is 5.73 Å². The predicted octanol–water partition coefficient (Wildman–Crippen LogP) is 1.11. The molecule has 2 aromatic rings. The lowest BCUT2D eigenvalue weighted by Gasteiger charge is -2.19. The molecule has 0 spiro atoms. The molecule has 1 aliphatic rings. The van der Waals surface area contributed by atoms with Crippen molar-refractivity contribution in [1.82, 2.24) is 14.6 Å². The van der Waals surface area contributed by atoms with E-state index in [9.17, 15) is 0 Å². The molecule has 1 aliphatic carbocycles. The van der Waals surface area contributed by atoms with E-state index < -0.39 is 0 Å². The molecule has 15 heavy (non-hydrogen) atoms. The second-order valence-corrected chi connectivity index (χ2v) is 4.42. The molecule has 3 rings (SSSR count).